The van der Waals surface area contributed by atoms with Crippen molar-refractivity contribution in [2.24, 2.45) is 0 Å². The molecule has 0 bridgehead atoms. The Kier molecular flexibility index (Phi) is 6.15. The molecular formula is C16H14ClN3O2S. The maximum absolute atomic E-state index is 11.8. The van der Waals surface area contributed by atoms with Crippen molar-refractivity contribution in [1.82, 2.24) is 5.32 Å². The molecule has 0 fully saturated rings. The van der Waals surface area contributed by atoms with Crippen molar-refractivity contribution in [3.05, 3.63) is 51.2 Å². The molecule has 2 amide bonds. The van der Waals surface area contributed by atoms with E-state index in [1.54, 1.807) is 18.2 Å². The van der Waals surface area contributed by atoms with E-state index in [0.717, 1.165) is 0 Å². The Morgan fingerprint density at radius 3 is 2.78 bits per heavy atom. The standard InChI is InChI=1S/C16H14ClN3O2S/c17-13-9-12(6-5-11(13)10-18)20-15(21)4-1-7-19-16(22)14-3-2-8-23-14/h2-3,5-6,8-9H,1,4,7H2,(H,19,22)(H,20,21). The average Bonchev–Trinajstić information content (AvgIpc) is 3.06. The first-order valence-corrected chi connectivity index (χ1v) is 8.17. The Bertz CT molecular complexity index is 738. The van der Waals surface area contributed by atoms with Gasteiger partial charge in [-0.05, 0) is 36.1 Å². The zero-order valence-corrected chi connectivity index (χ0v) is 13.7. The first-order valence-electron chi connectivity index (χ1n) is 6.91. The molecule has 118 valence electrons. The molecule has 1 aromatic carbocycles. The van der Waals surface area contributed by atoms with Crippen LogP contribution in [0.2, 0.25) is 5.02 Å². The second kappa shape index (κ2) is 8.32. The van der Waals surface area contributed by atoms with Crippen molar-refractivity contribution in [3.63, 3.8) is 0 Å². The number of hydrogen-bond acceptors (Lipinski definition) is 4. The lowest BCUT2D eigenvalue weighted by molar-refractivity contribution is -0.116. The van der Waals surface area contributed by atoms with E-state index in [9.17, 15) is 9.59 Å². The maximum Gasteiger partial charge on any atom is 0.261 e. The molecule has 0 spiro atoms. The van der Waals surface area contributed by atoms with Crippen molar-refractivity contribution < 1.29 is 9.59 Å². The van der Waals surface area contributed by atoms with Gasteiger partial charge in [0.2, 0.25) is 5.91 Å². The van der Waals surface area contributed by atoms with Crippen LogP contribution in [-0.4, -0.2) is 18.4 Å². The fraction of sp³-hybridized carbons (Fsp3) is 0.188. The van der Waals surface area contributed by atoms with Gasteiger partial charge in [0.1, 0.15) is 6.07 Å². The number of carbonyl (C=O) groups is 2. The van der Waals surface area contributed by atoms with E-state index in [1.165, 1.54) is 17.4 Å². The monoisotopic (exact) mass is 347 g/mol. The van der Waals surface area contributed by atoms with Crippen LogP contribution in [0.5, 0.6) is 0 Å². The Balaban J connectivity index is 1.72. The largest absolute Gasteiger partial charge is 0.351 e. The quantitative estimate of drug-likeness (QED) is 0.785. The summed E-state index contributed by atoms with van der Waals surface area (Å²) in [6.45, 7) is 0.429. The number of hydrogen-bond donors (Lipinski definition) is 2. The number of amides is 2. The highest BCUT2D eigenvalue weighted by Crippen LogP contribution is 2.20. The summed E-state index contributed by atoms with van der Waals surface area (Å²) < 4.78 is 0. The van der Waals surface area contributed by atoms with E-state index in [-0.39, 0.29) is 18.2 Å². The molecule has 0 aliphatic heterocycles. The minimum Gasteiger partial charge on any atom is -0.351 e. The fourth-order valence-electron chi connectivity index (χ4n) is 1.85. The number of rotatable bonds is 6. The lowest BCUT2D eigenvalue weighted by Gasteiger charge is -2.07. The van der Waals surface area contributed by atoms with Crippen LogP contribution in [-0.2, 0) is 4.79 Å². The number of nitriles is 1. The van der Waals surface area contributed by atoms with Crippen molar-refractivity contribution in [3.8, 4) is 6.07 Å². The zero-order valence-electron chi connectivity index (χ0n) is 12.1. The van der Waals surface area contributed by atoms with Gasteiger partial charge in [-0.25, -0.2) is 0 Å². The Morgan fingerprint density at radius 1 is 1.30 bits per heavy atom. The summed E-state index contributed by atoms with van der Waals surface area (Å²) in [4.78, 5) is 24.2. The van der Waals surface area contributed by atoms with Gasteiger partial charge in [0, 0.05) is 18.7 Å². The third-order valence-electron chi connectivity index (χ3n) is 2.98. The molecule has 5 nitrogen and oxygen atoms in total. The molecule has 0 aliphatic rings. The van der Waals surface area contributed by atoms with Crippen LogP contribution in [0.3, 0.4) is 0 Å². The van der Waals surface area contributed by atoms with Gasteiger partial charge in [0.05, 0.1) is 15.5 Å². The van der Waals surface area contributed by atoms with E-state index in [4.69, 9.17) is 16.9 Å². The summed E-state index contributed by atoms with van der Waals surface area (Å²) in [6.07, 6.45) is 0.815. The highest BCUT2D eigenvalue weighted by molar-refractivity contribution is 7.12. The molecule has 2 aromatic rings. The maximum atomic E-state index is 11.8. The smallest absolute Gasteiger partial charge is 0.261 e. The molecule has 7 heteroatoms. The van der Waals surface area contributed by atoms with E-state index >= 15 is 0 Å². The predicted molar refractivity (Wildman–Crippen MR) is 90.7 cm³/mol. The average molecular weight is 348 g/mol. The van der Waals surface area contributed by atoms with Gasteiger partial charge >= 0.3 is 0 Å². The van der Waals surface area contributed by atoms with Gasteiger partial charge in [-0.1, -0.05) is 17.7 Å². The third-order valence-corrected chi connectivity index (χ3v) is 4.17. The summed E-state index contributed by atoms with van der Waals surface area (Å²) in [5.74, 6) is -0.296. The van der Waals surface area contributed by atoms with Gasteiger partial charge in [0.25, 0.3) is 5.91 Å². The van der Waals surface area contributed by atoms with Crippen molar-refractivity contribution in [2.45, 2.75) is 12.8 Å². The summed E-state index contributed by atoms with van der Waals surface area (Å²) in [7, 11) is 0. The van der Waals surface area contributed by atoms with Crippen LogP contribution in [0.1, 0.15) is 28.1 Å². The lowest BCUT2D eigenvalue weighted by atomic mass is 10.2. The highest BCUT2D eigenvalue weighted by atomic mass is 35.5. The molecule has 0 saturated heterocycles. The molecule has 1 heterocycles. The summed E-state index contributed by atoms with van der Waals surface area (Å²) in [6, 6.07) is 10.2. The third kappa shape index (κ3) is 5.09. The highest BCUT2D eigenvalue weighted by Gasteiger charge is 2.07. The Labute approximate surface area is 142 Å². The molecule has 2 N–H and O–H groups in total. The lowest BCUT2D eigenvalue weighted by Crippen LogP contribution is -2.24. The fourth-order valence-corrected chi connectivity index (χ4v) is 2.72. The number of nitrogens with one attached hydrogen (secondary N) is 2. The number of nitrogens with zero attached hydrogens (tertiary/aromatic N) is 1. The molecule has 0 atom stereocenters. The number of halogens is 1. The summed E-state index contributed by atoms with van der Waals surface area (Å²) in [5.41, 5.74) is 0.905. The number of anilines is 1. The summed E-state index contributed by atoms with van der Waals surface area (Å²) >= 11 is 7.28. The first-order chi connectivity index (χ1) is 11.1. The van der Waals surface area contributed by atoms with E-state index in [2.05, 4.69) is 10.6 Å². The molecule has 1 aromatic heterocycles. The SMILES string of the molecule is N#Cc1ccc(NC(=O)CCCNC(=O)c2cccs2)cc1Cl. The van der Waals surface area contributed by atoms with Gasteiger partial charge in [0.15, 0.2) is 0 Å². The first kappa shape index (κ1) is 17.0. The molecular weight excluding hydrogens is 334 g/mol. The van der Waals surface area contributed by atoms with Gasteiger partial charge < -0.3 is 10.6 Å². The van der Waals surface area contributed by atoms with Crippen molar-refractivity contribution in [1.29, 1.82) is 5.26 Å². The van der Waals surface area contributed by atoms with Crippen LogP contribution in [0.15, 0.2) is 35.7 Å². The molecule has 0 aliphatic carbocycles. The van der Waals surface area contributed by atoms with Crippen molar-refractivity contribution in [2.75, 3.05) is 11.9 Å². The van der Waals surface area contributed by atoms with Gasteiger partial charge in [-0.3, -0.25) is 9.59 Å². The Hall–Kier alpha value is -2.36. The summed E-state index contributed by atoms with van der Waals surface area (Å²) in [5, 5.41) is 16.4. The Morgan fingerprint density at radius 2 is 2.13 bits per heavy atom. The second-order valence-corrected chi connectivity index (χ2v) is 6.05. The molecule has 0 unspecified atom stereocenters. The normalized spacial score (nSPS) is 9.91. The van der Waals surface area contributed by atoms with Crippen LogP contribution in [0, 0.1) is 11.3 Å². The van der Waals surface area contributed by atoms with E-state index in [1.807, 2.05) is 17.5 Å². The van der Waals surface area contributed by atoms with E-state index < -0.39 is 0 Å². The minimum absolute atomic E-state index is 0.126. The van der Waals surface area contributed by atoms with Crippen molar-refractivity contribution >= 4 is 40.4 Å². The minimum atomic E-state index is -0.170. The molecule has 2 rings (SSSR count). The molecule has 23 heavy (non-hydrogen) atoms. The number of thiophene rings is 1. The molecule has 0 radical (unpaired) electrons. The predicted octanol–water partition coefficient (Wildman–Crippen LogP) is 3.42. The van der Waals surface area contributed by atoms with E-state index in [0.29, 0.717) is 34.1 Å². The topological polar surface area (TPSA) is 82.0 Å². The molecule has 0 saturated carbocycles. The number of benzene rings is 1. The van der Waals surface area contributed by atoms with Gasteiger partial charge in [-0.2, -0.15) is 5.26 Å². The van der Waals surface area contributed by atoms with Crippen LogP contribution in [0.4, 0.5) is 5.69 Å². The van der Waals surface area contributed by atoms with Crippen LogP contribution in [0.25, 0.3) is 0 Å². The number of carbonyl (C=O) groups excluding carboxylic acids is 2. The van der Waals surface area contributed by atoms with Gasteiger partial charge in [-0.15, -0.1) is 11.3 Å². The second-order valence-electron chi connectivity index (χ2n) is 4.69. The zero-order chi connectivity index (χ0) is 16.7. The van der Waals surface area contributed by atoms with Crippen LogP contribution < -0.4 is 10.6 Å². The van der Waals surface area contributed by atoms with Crippen LogP contribution >= 0.6 is 22.9 Å².